The second-order valence-corrected chi connectivity index (χ2v) is 0. The number of hydrogen-bond acceptors (Lipinski definition) is 1. The summed E-state index contributed by atoms with van der Waals surface area (Å²) in [6.07, 6.45) is 0. The van der Waals surface area contributed by atoms with E-state index in [2.05, 4.69) is 0 Å². The van der Waals surface area contributed by atoms with Gasteiger partial charge in [0.1, 0.15) is 0 Å². The summed E-state index contributed by atoms with van der Waals surface area (Å²) in [5.41, 5.74) is 0. The minimum absolute atomic E-state index is 0. The molecule has 0 rings (SSSR count). The van der Waals surface area contributed by atoms with E-state index in [0.29, 0.717) is 21.7 Å². The first-order chi connectivity index (χ1) is 1.00. The van der Waals surface area contributed by atoms with Crippen molar-refractivity contribution in [3.8, 4) is 0 Å². The summed E-state index contributed by atoms with van der Waals surface area (Å²) in [5, 5.41) is 0. The van der Waals surface area contributed by atoms with Crippen LogP contribution >= 0.6 is 0 Å². The fraction of sp³-hybridized carbons (Fsp3) is 0. The zero-order chi connectivity index (χ0) is 2.00. The van der Waals surface area contributed by atoms with Crippen molar-refractivity contribution in [2.45, 2.75) is 0 Å². The van der Waals surface area contributed by atoms with Crippen molar-refractivity contribution in [3.63, 3.8) is 0 Å². The van der Waals surface area contributed by atoms with Gasteiger partial charge < -0.3 is 16.4 Å². The molecule has 0 N–H and O–H groups in total. The molecule has 0 fully saturated rings. The second-order valence-electron chi connectivity index (χ2n) is 0. The molecule has 32 valence electrons. The molecule has 0 aliphatic rings. The van der Waals surface area contributed by atoms with Crippen LogP contribution in [0.25, 0.3) is 0 Å². The molecule has 0 aliphatic carbocycles. The molecule has 0 amide bonds. The fourth-order valence-electron chi connectivity index (χ4n) is 0. The molecule has 0 bridgehead atoms. The average Bonchev–Trinajstić information content (AvgIpc) is 1.00. The predicted molar refractivity (Wildman–Crippen MR) is 20.0 cm³/mol. The minimum atomic E-state index is 0. The van der Waals surface area contributed by atoms with Crippen LogP contribution in [-0.4, -0.2) is 56.4 Å². The predicted octanol–water partition coefficient (Wildman–Crippen LogP) is -1.62. The van der Waals surface area contributed by atoms with Crippen LogP contribution in [0.1, 0.15) is 0 Å². The molecule has 0 aliphatic heterocycles. The van der Waals surface area contributed by atoms with Gasteiger partial charge in [-0.1, -0.05) is 0 Å². The fourth-order valence-corrected chi connectivity index (χ4v) is 0. The Bertz CT molecular complexity index is 9.65. The Morgan fingerprint density at radius 3 is 0.714 bits per heavy atom. The van der Waals surface area contributed by atoms with E-state index >= 15 is 0 Å². The Morgan fingerprint density at radius 1 is 0.714 bits per heavy atom. The molecule has 0 radical (unpaired) electrons. The van der Waals surface area contributed by atoms with Crippen molar-refractivity contribution in [2.24, 2.45) is 0 Å². The second kappa shape index (κ2) is 139. The first-order valence-corrected chi connectivity index (χ1v) is 0.866. The van der Waals surface area contributed by atoms with Gasteiger partial charge in [-0.2, -0.15) is 0 Å². The van der Waals surface area contributed by atoms with Crippen LogP contribution in [0.5, 0.6) is 0 Å². The van der Waals surface area contributed by atoms with Crippen molar-refractivity contribution in [1.29, 1.82) is 0 Å². The monoisotopic (exact) mass is 142 g/mol. The van der Waals surface area contributed by atoms with Gasteiger partial charge >= 0.3 is 59.6 Å². The van der Waals surface area contributed by atoms with Gasteiger partial charge in [-0.15, -0.1) is 0 Å². The van der Waals surface area contributed by atoms with Crippen LogP contribution in [0.3, 0.4) is 0 Å². The molecule has 4 nitrogen and oxygen atoms in total. The third-order valence-corrected chi connectivity index (χ3v) is 0. The summed E-state index contributed by atoms with van der Waals surface area (Å²) in [7, 11) is 0. The van der Waals surface area contributed by atoms with E-state index in [1.165, 1.54) is 0 Å². The molecule has 7 heteroatoms. The van der Waals surface area contributed by atoms with Crippen molar-refractivity contribution >= 4 is 56.4 Å². The quantitative estimate of drug-likeness (QED) is 0.373. The Kier molecular flexibility index (Phi) is 1520. The maximum atomic E-state index is 8.28. The summed E-state index contributed by atoms with van der Waals surface area (Å²) >= 11 is 0.611. The van der Waals surface area contributed by atoms with E-state index in [1.54, 1.807) is 0 Å². The molecule has 0 heterocycles. The van der Waals surface area contributed by atoms with Crippen LogP contribution in [0.15, 0.2) is 0 Å². The molecule has 0 spiro atoms. The van der Waals surface area contributed by atoms with Gasteiger partial charge in [0.25, 0.3) is 0 Å². The molecular weight excluding hydrogens is 142 g/mol. The summed E-state index contributed by atoms with van der Waals surface area (Å²) in [5.74, 6) is 0. The normalized spacial score (nSPS) is 0.857. The molecular formula is Al2MgO4. The Morgan fingerprint density at radius 2 is 0.714 bits per heavy atom. The summed E-state index contributed by atoms with van der Waals surface area (Å²) in [4.78, 5) is 0. The standard InChI is InChI=1S/2Al.Mg.4O/q2*+3;;;3*-2. The third kappa shape index (κ3) is 99.9. The van der Waals surface area contributed by atoms with Crippen LogP contribution in [0, 0.1) is 0 Å². The van der Waals surface area contributed by atoms with Gasteiger partial charge in [-0.05, 0) is 0 Å². The number of rotatable bonds is 0. The molecule has 0 saturated carbocycles. The van der Waals surface area contributed by atoms with Gasteiger partial charge in [0, 0.05) is 0 Å². The van der Waals surface area contributed by atoms with Crippen LogP contribution in [0.4, 0.5) is 0 Å². The van der Waals surface area contributed by atoms with Gasteiger partial charge in [0.2, 0.25) is 0 Å². The molecule has 0 aromatic rings. The van der Waals surface area contributed by atoms with E-state index in [0.717, 1.165) is 0 Å². The van der Waals surface area contributed by atoms with E-state index in [9.17, 15) is 0 Å². The molecule has 0 aromatic carbocycles. The van der Waals surface area contributed by atoms with E-state index in [-0.39, 0.29) is 51.2 Å². The van der Waals surface area contributed by atoms with Crippen molar-refractivity contribution in [1.82, 2.24) is 0 Å². The molecule has 0 aromatic heterocycles. The first-order valence-electron chi connectivity index (χ1n) is 0.289. The molecule has 0 atom stereocenters. The zero-order valence-electron chi connectivity index (χ0n) is 3.49. The SMILES string of the molecule is [Al+3].[Al+3].[O-2].[O-2].[O-2].[O]=[Mg]. The Balaban J connectivity index is -0.000000000500. The Hall–Kier alpha value is 1.51. The third-order valence-electron chi connectivity index (χ3n) is 0. The summed E-state index contributed by atoms with van der Waals surface area (Å²) < 4.78 is 8.28. The van der Waals surface area contributed by atoms with Gasteiger partial charge in [0.15, 0.2) is 0 Å². The maximum absolute atomic E-state index is 8.28. The first kappa shape index (κ1) is 76.1. The van der Waals surface area contributed by atoms with Crippen LogP contribution in [0.2, 0.25) is 0 Å². The van der Waals surface area contributed by atoms with Crippen molar-refractivity contribution < 1.29 is 19.6 Å². The van der Waals surface area contributed by atoms with E-state index in [4.69, 9.17) is 3.17 Å². The molecule has 0 unspecified atom stereocenters. The Labute approximate surface area is 75.6 Å². The summed E-state index contributed by atoms with van der Waals surface area (Å²) in [6, 6.07) is 0. The molecule has 7 heavy (non-hydrogen) atoms. The van der Waals surface area contributed by atoms with Crippen LogP contribution in [-0.2, 0) is 19.6 Å². The van der Waals surface area contributed by atoms with Gasteiger partial charge in [-0.25, -0.2) is 0 Å². The average molecular weight is 142 g/mol. The summed E-state index contributed by atoms with van der Waals surface area (Å²) in [6.45, 7) is 0. The van der Waals surface area contributed by atoms with Gasteiger partial charge in [-0.3, -0.25) is 0 Å². The van der Waals surface area contributed by atoms with Gasteiger partial charge in [0.05, 0.1) is 0 Å². The zero-order valence-corrected chi connectivity index (χ0v) is 7.22. The topological polar surface area (TPSA) is 103 Å². The van der Waals surface area contributed by atoms with Crippen molar-refractivity contribution in [2.75, 3.05) is 0 Å². The van der Waals surface area contributed by atoms with Crippen LogP contribution < -0.4 is 0 Å². The molecule has 0 saturated heterocycles. The van der Waals surface area contributed by atoms with Crippen molar-refractivity contribution in [3.05, 3.63) is 0 Å². The number of hydrogen-bond donors (Lipinski definition) is 0. The van der Waals surface area contributed by atoms with E-state index < -0.39 is 0 Å². The van der Waals surface area contributed by atoms with E-state index in [1.807, 2.05) is 0 Å².